The Morgan fingerprint density at radius 3 is 2.50 bits per heavy atom. The highest BCUT2D eigenvalue weighted by atomic mass is 19.4. The summed E-state index contributed by atoms with van der Waals surface area (Å²) < 4.78 is 41.6. The standard InChI is InChI=1S/C10H10F3NO4/c11-10(12,13)6-14(8(15)4-9(16)17)5-7-2-1-3-18-7/h1-3H,4-6H2,(H,16,17). The number of amides is 1. The molecule has 5 nitrogen and oxygen atoms in total. The van der Waals surface area contributed by atoms with Crippen molar-refractivity contribution >= 4 is 11.9 Å². The Kier molecular flexibility index (Phi) is 4.35. The third-order valence-electron chi connectivity index (χ3n) is 1.95. The number of hydrogen-bond acceptors (Lipinski definition) is 3. The fraction of sp³-hybridized carbons (Fsp3) is 0.400. The summed E-state index contributed by atoms with van der Waals surface area (Å²) in [6.45, 7) is -1.93. The minimum Gasteiger partial charge on any atom is -0.481 e. The van der Waals surface area contributed by atoms with Gasteiger partial charge < -0.3 is 14.4 Å². The Morgan fingerprint density at radius 1 is 1.39 bits per heavy atom. The summed E-state index contributed by atoms with van der Waals surface area (Å²) in [5.41, 5.74) is 0. The van der Waals surface area contributed by atoms with E-state index in [1.165, 1.54) is 18.4 Å². The molecule has 0 saturated heterocycles. The van der Waals surface area contributed by atoms with Crippen molar-refractivity contribution in [3.05, 3.63) is 24.2 Å². The predicted octanol–water partition coefficient (Wildman–Crippen LogP) is 1.65. The van der Waals surface area contributed by atoms with Crippen molar-refractivity contribution in [1.29, 1.82) is 0 Å². The van der Waals surface area contributed by atoms with Gasteiger partial charge in [0.25, 0.3) is 0 Å². The monoisotopic (exact) mass is 265 g/mol. The van der Waals surface area contributed by atoms with Gasteiger partial charge in [0.05, 0.1) is 12.8 Å². The van der Waals surface area contributed by atoms with E-state index in [2.05, 4.69) is 0 Å². The summed E-state index contributed by atoms with van der Waals surface area (Å²) >= 11 is 0. The van der Waals surface area contributed by atoms with Gasteiger partial charge in [-0.2, -0.15) is 13.2 Å². The molecule has 0 aliphatic heterocycles. The Hall–Kier alpha value is -1.99. The molecule has 0 radical (unpaired) electrons. The molecule has 100 valence electrons. The zero-order valence-electron chi connectivity index (χ0n) is 9.11. The number of furan rings is 1. The number of rotatable bonds is 5. The third kappa shape index (κ3) is 4.89. The summed E-state index contributed by atoms with van der Waals surface area (Å²) in [5.74, 6) is -2.44. The van der Waals surface area contributed by atoms with Crippen LogP contribution in [0.2, 0.25) is 0 Å². The maximum absolute atomic E-state index is 12.3. The average molecular weight is 265 g/mol. The minimum absolute atomic E-state index is 0.151. The van der Waals surface area contributed by atoms with Crippen LogP contribution in [-0.2, 0) is 16.1 Å². The topological polar surface area (TPSA) is 70.8 Å². The second-order valence-corrected chi connectivity index (χ2v) is 3.51. The quantitative estimate of drug-likeness (QED) is 0.822. The second-order valence-electron chi connectivity index (χ2n) is 3.51. The highest BCUT2D eigenvalue weighted by molar-refractivity contribution is 5.93. The molecule has 0 saturated carbocycles. The average Bonchev–Trinajstić information content (AvgIpc) is 2.66. The Morgan fingerprint density at radius 2 is 2.06 bits per heavy atom. The van der Waals surface area contributed by atoms with Crippen molar-refractivity contribution < 1.29 is 32.3 Å². The molecular weight excluding hydrogens is 255 g/mol. The highest BCUT2D eigenvalue weighted by Crippen LogP contribution is 2.19. The van der Waals surface area contributed by atoms with Gasteiger partial charge in [0.15, 0.2) is 0 Å². The zero-order chi connectivity index (χ0) is 13.8. The van der Waals surface area contributed by atoms with Gasteiger partial charge >= 0.3 is 12.1 Å². The van der Waals surface area contributed by atoms with Crippen LogP contribution in [0.4, 0.5) is 13.2 Å². The number of carboxylic acid groups (broad SMARTS) is 1. The van der Waals surface area contributed by atoms with Crippen LogP contribution in [0.5, 0.6) is 0 Å². The fourth-order valence-electron chi connectivity index (χ4n) is 1.28. The van der Waals surface area contributed by atoms with Crippen LogP contribution in [0.25, 0.3) is 0 Å². The van der Waals surface area contributed by atoms with Crippen molar-refractivity contribution in [2.75, 3.05) is 6.54 Å². The van der Waals surface area contributed by atoms with Crippen molar-refractivity contribution in [2.24, 2.45) is 0 Å². The molecule has 1 aromatic heterocycles. The molecule has 0 bridgehead atoms. The lowest BCUT2D eigenvalue weighted by molar-refractivity contribution is -0.165. The molecule has 0 aliphatic carbocycles. The summed E-state index contributed by atoms with van der Waals surface area (Å²) in [6, 6.07) is 2.86. The third-order valence-corrected chi connectivity index (χ3v) is 1.95. The summed E-state index contributed by atoms with van der Waals surface area (Å²) in [6.07, 6.45) is -4.33. The number of carbonyl (C=O) groups is 2. The summed E-state index contributed by atoms with van der Waals surface area (Å²) in [7, 11) is 0. The van der Waals surface area contributed by atoms with Crippen LogP contribution in [0.3, 0.4) is 0 Å². The number of carboxylic acids is 1. The van der Waals surface area contributed by atoms with Crippen LogP contribution in [0, 0.1) is 0 Å². The van der Waals surface area contributed by atoms with Crippen LogP contribution in [0.1, 0.15) is 12.2 Å². The first-order valence-corrected chi connectivity index (χ1v) is 4.86. The van der Waals surface area contributed by atoms with E-state index in [9.17, 15) is 22.8 Å². The number of nitrogens with zero attached hydrogens (tertiary/aromatic N) is 1. The van der Waals surface area contributed by atoms with E-state index in [1.807, 2.05) is 0 Å². The maximum Gasteiger partial charge on any atom is 0.406 e. The van der Waals surface area contributed by atoms with Gasteiger partial charge in [0.1, 0.15) is 18.7 Å². The number of hydrogen-bond donors (Lipinski definition) is 1. The normalized spacial score (nSPS) is 11.3. The van der Waals surface area contributed by atoms with E-state index < -0.39 is 37.6 Å². The largest absolute Gasteiger partial charge is 0.481 e. The first kappa shape index (κ1) is 14.1. The first-order valence-electron chi connectivity index (χ1n) is 4.86. The first-order chi connectivity index (χ1) is 8.28. The molecule has 0 spiro atoms. The lowest BCUT2D eigenvalue weighted by atomic mass is 10.3. The number of carbonyl (C=O) groups excluding carboxylic acids is 1. The SMILES string of the molecule is O=C(O)CC(=O)N(Cc1ccco1)CC(F)(F)F. The van der Waals surface area contributed by atoms with Gasteiger partial charge in [0, 0.05) is 0 Å². The van der Waals surface area contributed by atoms with Gasteiger partial charge in [-0.15, -0.1) is 0 Å². The van der Waals surface area contributed by atoms with Gasteiger partial charge in [-0.1, -0.05) is 0 Å². The molecule has 1 rings (SSSR count). The molecule has 0 fully saturated rings. The highest BCUT2D eigenvalue weighted by Gasteiger charge is 2.33. The molecule has 0 unspecified atom stereocenters. The Labute approximate surface area is 99.8 Å². The number of halogens is 3. The van der Waals surface area contributed by atoms with Gasteiger partial charge in [-0.3, -0.25) is 9.59 Å². The molecule has 0 aliphatic rings. The maximum atomic E-state index is 12.3. The van der Waals surface area contributed by atoms with E-state index in [-0.39, 0.29) is 5.76 Å². The smallest absolute Gasteiger partial charge is 0.406 e. The predicted molar refractivity (Wildman–Crippen MR) is 52.4 cm³/mol. The molecule has 18 heavy (non-hydrogen) atoms. The Bertz CT molecular complexity index is 413. The molecule has 1 heterocycles. The minimum atomic E-state index is -4.60. The van der Waals surface area contributed by atoms with E-state index >= 15 is 0 Å². The number of alkyl halides is 3. The van der Waals surface area contributed by atoms with Gasteiger partial charge in [0.2, 0.25) is 5.91 Å². The molecule has 0 atom stereocenters. The van der Waals surface area contributed by atoms with Crippen LogP contribution >= 0.6 is 0 Å². The molecule has 1 amide bonds. The van der Waals surface area contributed by atoms with Crippen LogP contribution < -0.4 is 0 Å². The number of aliphatic carboxylic acids is 1. The van der Waals surface area contributed by atoms with E-state index in [4.69, 9.17) is 9.52 Å². The molecular formula is C10H10F3NO4. The van der Waals surface area contributed by atoms with Crippen molar-refractivity contribution in [3.63, 3.8) is 0 Å². The van der Waals surface area contributed by atoms with Crippen LogP contribution in [0.15, 0.2) is 22.8 Å². The second kappa shape index (κ2) is 5.56. The van der Waals surface area contributed by atoms with E-state index in [0.717, 1.165) is 0 Å². The van der Waals surface area contributed by atoms with E-state index in [1.54, 1.807) is 0 Å². The summed E-state index contributed by atoms with van der Waals surface area (Å²) in [4.78, 5) is 22.1. The fourth-order valence-corrected chi connectivity index (χ4v) is 1.28. The van der Waals surface area contributed by atoms with Gasteiger partial charge in [-0.25, -0.2) is 0 Å². The van der Waals surface area contributed by atoms with E-state index in [0.29, 0.717) is 4.90 Å². The lowest BCUT2D eigenvalue weighted by Crippen LogP contribution is -2.39. The van der Waals surface area contributed by atoms with Crippen molar-refractivity contribution in [3.8, 4) is 0 Å². The van der Waals surface area contributed by atoms with Crippen molar-refractivity contribution in [1.82, 2.24) is 4.90 Å². The lowest BCUT2D eigenvalue weighted by Gasteiger charge is -2.22. The zero-order valence-corrected chi connectivity index (χ0v) is 9.11. The molecule has 1 aromatic rings. The van der Waals surface area contributed by atoms with Gasteiger partial charge in [-0.05, 0) is 12.1 Å². The van der Waals surface area contributed by atoms with Crippen molar-refractivity contribution in [2.45, 2.75) is 19.1 Å². The molecule has 8 heteroatoms. The summed E-state index contributed by atoms with van der Waals surface area (Å²) in [5, 5.41) is 8.41. The molecule has 1 N–H and O–H groups in total. The van der Waals surface area contributed by atoms with Crippen LogP contribution in [-0.4, -0.2) is 34.6 Å². The molecule has 0 aromatic carbocycles. The Balaban J connectivity index is 2.74.